The third-order valence-corrected chi connectivity index (χ3v) is 2.80. The highest BCUT2D eigenvalue weighted by atomic mass is 79.9. The van der Waals surface area contributed by atoms with Gasteiger partial charge >= 0.3 is 0 Å². The van der Waals surface area contributed by atoms with E-state index in [1.165, 1.54) is 0 Å². The molecule has 0 fully saturated rings. The zero-order chi connectivity index (χ0) is 9.68. The topological polar surface area (TPSA) is 23.8 Å². The van der Waals surface area contributed by atoms with Gasteiger partial charge in [0.25, 0.3) is 0 Å². The second-order valence-electron chi connectivity index (χ2n) is 2.81. The molecule has 0 aliphatic heterocycles. The highest BCUT2D eigenvalue weighted by Crippen LogP contribution is 2.14. The SMILES string of the molecule is N#CC(CBr)Cc1ccc(Cl)cc1. The molecule has 0 saturated carbocycles. The Bertz CT molecular complexity index is 302. The number of nitriles is 1. The fraction of sp³-hybridized carbons (Fsp3) is 0.300. The highest BCUT2D eigenvalue weighted by molar-refractivity contribution is 9.09. The summed E-state index contributed by atoms with van der Waals surface area (Å²) in [6.45, 7) is 0. The first-order valence-corrected chi connectivity index (χ1v) is 5.46. The number of rotatable bonds is 3. The van der Waals surface area contributed by atoms with Crippen LogP contribution in [0.25, 0.3) is 0 Å². The van der Waals surface area contributed by atoms with Crippen molar-refractivity contribution >= 4 is 27.5 Å². The number of halogens is 2. The molecule has 1 nitrogen and oxygen atoms in total. The van der Waals surface area contributed by atoms with Crippen molar-refractivity contribution in [2.75, 3.05) is 5.33 Å². The number of hydrogen-bond acceptors (Lipinski definition) is 1. The average Bonchev–Trinajstić information content (AvgIpc) is 2.17. The molecule has 0 bridgehead atoms. The molecule has 0 amide bonds. The van der Waals surface area contributed by atoms with E-state index in [2.05, 4.69) is 22.0 Å². The van der Waals surface area contributed by atoms with Gasteiger partial charge in [-0.1, -0.05) is 39.7 Å². The monoisotopic (exact) mass is 257 g/mol. The van der Waals surface area contributed by atoms with E-state index in [4.69, 9.17) is 16.9 Å². The summed E-state index contributed by atoms with van der Waals surface area (Å²) in [5, 5.41) is 10.2. The van der Waals surface area contributed by atoms with Crippen LogP contribution in [0, 0.1) is 17.2 Å². The van der Waals surface area contributed by atoms with Crippen LogP contribution < -0.4 is 0 Å². The fourth-order valence-corrected chi connectivity index (χ4v) is 1.54. The van der Waals surface area contributed by atoms with Gasteiger partial charge in [-0.25, -0.2) is 0 Å². The average molecular weight is 259 g/mol. The van der Waals surface area contributed by atoms with Crippen LogP contribution in [0.2, 0.25) is 5.02 Å². The number of hydrogen-bond donors (Lipinski definition) is 0. The molecular formula is C10H9BrClN. The van der Waals surface area contributed by atoms with E-state index in [0.717, 1.165) is 17.0 Å². The van der Waals surface area contributed by atoms with Gasteiger partial charge in [0.05, 0.1) is 12.0 Å². The zero-order valence-electron chi connectivity index (χ0n) is 7.00. The zero-order valence-corrected chi connectivity index (χ0v) is 9.35. The molecule has 1 aromatic carbocycles. The maximum atomic E-state index is 8.74. The third kappa shape index (κ3) is 3.38. The molecule has 0 spiro atoms. The first-order chi connectivity index (χ1) is 6.26. The molecule has 0 N–H and O–H groups in total. The van der Waals surface area contributed by atoms with Crippen molar-refractivity contribution in [2.24, 2.45) is 5.92 Å². The predicted octanol–water partition coefficient (Wildman–Crippen LogP) is 3.42. The Morgan fingerprint density at radius 1 is 1.38 bits per heavy atom. The summed E-state index contributed by atoms with van der Waals surface area (Å²) in [6, 6.07) is 9.84. The largest absolute Gasteiger partial charge is 0.198 e. The lowest BCUT2D eigenvalue weighted by atomic mass is 10.0. The van der Waals surface area contributed by atoms with Gasteiger partial charge in [-0.3, -0.25) is 0 Å². The molecule has 0 aliphatic rings. The third-order valence-electron chi connectivity index (χ3n) is 1.76. The van der Waals surface area contributed by atoms with E-state index < -0.39 is 0 Å². The molecule has 0 aliphatic carbocycles. The van der Waals surface area contributed by atoms with Crippen molar-refractivity contribution in [3.8, 4) is 6.07 Å². The van der Waals surface area contributed by atoms with Crippen molar-refractivity contribution in [3.63, 3.8) is 0 Å². The van der Waals surface area contributed by atoms with Gasteiger partial charge in [0.15, 0.2) is 0 Å². The van der Waals surface area contributed by atoms with Crippen molar-refractivity contribution < 1.29 is 0 Å². The van der Waals surface area contributed by atoms with E-state index >= 15 is 0 Å². The van der Waals surface area contributed by atoms with Crippen molar-refractivity contribution in [2.45, 2.75) is 6.42 Å². The minimum Gasteiger partial charge on any atom is -0.198 e. The first kappa shape index (κ1) is 10.6. The smallest absolute Gasteiger partial charge is 0.0668 e. The van der Waals surface area contributed by atoms with Crippen LogP contribution in [0.15, 0.2) is 24.3 Å². The summed E-state index contributed by atoms with van der Waals surface area (Å²) in [5.41, 5.74) is 1.15. The van der Waals surface area contributed by atoms with Crippen LogP contribution in [0.5, 0.6) is 0 Å². The molecule has 0 saturated heterocycles. The lowest BCUT2D eigenvalue weighted by molar-refractivity contribution is 0.756. The lowest BCUT2D eigenvalue weighted by Gasteiger charge is -2.04. The van der Waals surface area contributed by atoms with Crippen LogP contribution in [0.4, 0.5) is 0 Å². The Balaban J connectivity index is 2.64. The van der Waals surface area contributed by atoms with Crippen LogP contribution in [0.1, 0.15) is 5.56 Å². The van der Waals surface area contributed by atoms with Gasteiger partial charge < -0.3 is 0 Å². The molecule has 0 aromatic heterocycles. The molecule has 1 aromatic rings. The van der Waals surface area contributed by atoms with Gasteiger partial charge in [-0.2, -0.15) is 5.26 Å². The first-order valence-electron chi connectivity index (χ1n) is 3.96. The molecule has 1 unspecified atom stereocenters. The van der Waals surface area contributed by atoms with Crippen molar-refractivity contribution in [1.82, 2.24) is 0 Å². The van der Waals surface area contributed by atoms with Crippen molar-refractivity contribution in [3.05, 3.63) is 34.9 Å². The van der Waals surface area contributed by atoms with E-state index in [-0.39, 0.29) is 5.92 Å². The minimum atomic E-state index is 0.0428. The van der Waals surface area contributed by atoms with E-state index in [0.29, 0.717) is 5.33 Å². The van der Waals surface area contributed by atoms with Crippen LogP contribution in [-0.2, 0) is 6.42 Å². The summed E-state index contributed by atoms with van der Waals surface area (Å²) >= 11 is 9.04. The summed E-state index contributed by atoms with van der Waals surface area (Å²) in [4.78, 5) is 0. The number of benzene rings is 1. The summed E-state index contributed by atoms with van der Waals surface area (Å²) < 4.78 is 0. The molecule has 1 rings (SSSR count). The maximum Gasteiger partial charge on any atom is 0.0668 e. The van der Waals surface area contributed by atoms with Gasteiger partial charge in [0.2, 0.25) is 0 Å². The molecule has 0 heterocycles. The van der Waals surface area contributed by atoms with E-state index in [9.17, 15) is 0 Å². The molecule has 0 radical (unpaired) electrons. The summed E-state index contributed by atoms with van der Waals surface area (Å²) in [5.74, 6) is 0.0428. The second-order valence-corrected chi connectivity index (χ2v) is 3.89. The van der Waals surface area contributed by atoms with Crippen LogP contribution >= 0.6 is 27.5 Å². The molecule has 68 valence electrons. The predicted molar refractivity (Wildman–Crippen MR) is 58.1 cm³/mol. The minimum absolute atomic E-state index is 0.0428. The fourth-order valence-electron chi connectivity index (χ4n) is 1.04. The van der Waals surface area contributed by atoms with Gasteiger partial charge in [0, 0.05) is 10.4 Å². The molecular weight excluding hydrogens is 249 g/mol. The Morgan fingerprint density at radius 3 is 2.46 bits per heavy atom. The van der Waals surface area contributed by atoms with Crippen molar-refractivity contribution in [1.29, 1.82) is 5.26 Å². The van der Waals surface area contributed by atoms with Gasteiger partial charge in [0.1, 0.15) is 0 Å². The van der Waals surface area contributed by atoms with Gasteiger partial charge in [-0.05, 0) is 24.1 Å². The molecule has 3 heteroatoms. The summed E-state index contributed by atoms with van der Waals surface area (Å²) in [7, 11) is 0. The lowest BCUT2D eigenvalue weighted by Crippen LogP contribution is -2.02. The Kier molecular flexibility index (Phi) is 4.27. The van der Waals surface area contributed by atoms with E-state index in [1.807, 2.05) is 24.3 Å². The highest BCUT2D eigenvalue weighted by Gasteiger charge is 2.05. The standard InChI is InChI=1S/C10H9BrClN/c11-6-9(7-13)5-8-1-3-10(12)4-2-8/h1-4,9H,5-6H2. The second kappa shape index (κ2) is 5.26. The molecule has 1 atom stereocenters. The van der Waals surface area contributed by atoms with E-state index in [1.54, 1.807) is 0 Å². The van der Waals surface area contributed by atoms with Crippen LogP contribution in [0.3, 0.4) is 0 Å². The van der Waals surface area contributed by atoms with Gasteiger partial charge in [-0.15, -0.1) is 0 Å². The Morgan fingerprint density at radius 2 is 2.00 bits per heavy atom. The normalized spacial score (nSPS) is 12.1. The number of alkyl halides is 1. The Labute approximate surface area is 91.5 Å². The quantitative estimate of drug-likeness (QED) is 0.762. The Hall–Kier alpha value is -0.520. The number of nitrogens with zero attached hydrogens (tertiary/aromatic N) is 1. The van der Waals surface area contributed by atoms with Crippen LogP contribution in [-0.4, -0.2) is 5.33 Å². The summed E-state index contributed by atoms with van der Waals surface area (Å²) in [6.07, 6.45) is 0.777. The molecule has 13 heavy (non-hydrogen) atoms. The maximum absolute atomic E-state index is 8.74.